The third-order valence-corrected chi connectivity index (χ3v) is 3.99. The van der Waals surface area contributed by atoms with Crippen molar-refractivity contribution in [2.24, 2.45) is 0 Å². The summed E-state index contributed by atoms with van der Waals surface area (Å²) in [4.78, 5) is 11.1. The summed E-state index contributed by atoms with van der Waals surface area (Å²) in [6, 6.07) is 27.1. The number of nitro groups is 1. The van der Waals surface area contributed by atoms with Gasteiger partial charge in [-0.3, -0.25) is 10.1 Å². The van der Waals surface area contributed by atoms with Crippen LogP contribution >= 0.6 is 0 Å². The monoisotopic (exact) mass is 303 g/mol. The van der Waals surface area contributed by atoms with E-state index in [1.807, 2.05) is 60.7 Å². The van der Waals surface area contributed by atoms with Crippen molar-refractivity contribution in [3.63, 3.8) is 0 Å². The van der Waals surface area contributed by atoms with E-state index in [4.69, 9.17) is 0 Å². The van der Waals surface area contributed by atoms with Gasteiger partial charge in [0, 0.05) is 17.5 Å². The second kappa shape index (κ2) is 6.88. The normalized spacial score (nSPS) is 11.8. The zero-order chi connectivity index (χ0) is 16.1. The SMILES string of the molecule is O=[N+]([O-])c1ccccc1C(Cc1ccccc1)c1ccccc1. The van der Waals surface area contributed by atoms with Crippen LogP contribution in [-0.2, 0) is 6.42 Å². The van der Waals surface area contributed by atoms with Gasteiger partial charge in [-0.25, -0.2) is 0 Å². The number of hydrogen-bond acceptors (Lipinski definition) is 2. The molecular formula is C20H17NO2. The van der Waals surface area contributed by atoms with E-state index < -0.39 is 0 Å². The summed E-state index contributed by atoms with van der Waals surface area (Å²) in [5, 5.41) is 11.4. The van der Waals surface area contributed by atoms with Crippen molar-refractivity contribution in [1.82, 2.24) is 0 Å². The van der Waals surface area contributed by atoms with Crippen molar-refractivity contribution in [3.05, 3.63) is 112 Å². The van der Waals surface area contributed by atoms with Crippen molar-refractivity contribution in [2.75, 3.05) is 0 Å². The minimum atomic E-state index is -0.295. The molecule has 0 bridgehead atoms. The standard InChI is InChI=1S/C20H17NO2/c22-21(23)20-14-8-7-13-18(20)19(17-11-5-2-6-12-17)15-16-9-3-1-4-10-16/h1-14,19H,15H2. The van der Waals surface area contributed by atoms with Gasteiger partial charge in [0.1, 0.15) is 0 Å². The molecule has 0 fully saturated rings. The van der Waals surface area contributed by atoms with Gasteiger partial charge < -0.3 is 0 Å². The Hall–Kier alpha value is -2.94. The lowest BCUT2D eigenvalue weighted by atomic mass is 9.85. The van der Waals surface area contributed by atoms with E-state index in [2.05, 4.69) is 12.1 Å². The number of hydrogen-bond donors (Lipinski definition) is 0. The molecule has 0 aliphatic carbocycles. The van der Waals surface area contributed by atoms with Gasteiger partial charge in [0.2, 0.25) is 0 Å². The largest absolute Gasteiger partial charge is 0.273 e. The van der Waals surface area contributed by atoms with Crippen molar-refractivity contribution in [1.29, 1.82) is 0 Å². The van der Waals surface area contributed by atoms with Crippen molar-refractivity contribution < 1.29 is 4.92 Å². The molecule has 114 valence electrons. The van der Waals surface area contributed by atoms with Crippen LogP contribution in [0, 0.1) is 10.1 Å². The van der Waals surface area contributed by atoms with Gasteiger partial charge in [-0.2, -0.15) is 0 Å². The molecule has 0 saturated heterocycles. The van der Waals surface area contributed by atoms with Gasteiger partial charge in [0.15, 0.2) is 0 Å². The zero-order valence-electron chi connectivity index (χ0n) is 12.6. The van der Waals surface area contributed by atoms with E-state index in [1.54, 1.807) is 12.1 Å². The Balaban J connectivity index is 2.08. The first-order valence-electron chi connectivity index (χ1n) is 7.58. The van der Waals surface area contributed by atoms with E-state index >= 15 is 0 Å². The number of benzene rings is 3. The first-order chi connectivity index (χ1) is 11.3. The lowest BCUT2D eigenvalue weighted by molar-refractivity contribution is -0.385. The van der Waals surface area contributed by atoms with E-state index in [9.17, 15) is 10.1 Å². The van der Waals surface area contributed by atoms with Crippen LogP contribution < -0.4 is 0 Å². The quantitative estimate of drug-likeness (QED) is 0.493. The molecule has 3 nitrogen and oxygen atoms in total. The molecule has 0 amide bonds. The number of rotatable bonds is 5. The maximum absolute atomic E-state index is 11.4. The van der Waals surface area contributed by atoms with Crippen LogP contribution in [0.15, 0.2) is 84.9 Å². The van der Waals surface area contributed by atoms with Crippen LogP contribution in [0.3, 0.4) is 0 Å². The van der Waals surface area contributed by atoms with Crippen molar-refractivity contribution in [3.8, 4) is 0 Å². The first kappa shape index (κ1) is 15.0. The molecule has 0 aliphatic rings. The summed E-state index contributed by atoms with van der Waals surface area (Å²) in [5.74, 6) is -0.0415. The van der Waals surface area contributed by atoms with Crippen LogP contribution in [0.25, 0.3) is 0 Å². The number of para-hydroxylation sites is 1. The van der Waals surface area contributed by atoms with Gasteiger partial charge >= 0.3 is 0 Å². The van der Waals surface area contributed by atoms with Crippen LogP contribution in [0.1, 0.15) is 22.6 Å². The highest BCUT2D eigenvalue weighted by molar-refractivity contribution is 5.47. The molecule has 23 heavy (non-hydrogen) atoms. The second-order valence-corrected chi connectivity index (χ2v) is 5.47. The maximum Gasteiger partial charge on any atom is 0.273 e. The summed E-state index contributed by atoms with van der Waals surface area (Å²) >= 11 is 0. The summed E-state index contributed by atoms with van der Waals surface area (Å²) < 4.78 is 0. The summed E-state index contributed by atoms with van der Waals surface area (Å²) in [6.07, 6.45) is 0.732. The zero-order valence-corrected chi connectivity index (χ0v) is 12.6. The highest BCUT2D eigenvalue weighted by Crippen LogP contribution is 2.34. The summed E-state index contributed by atoms with van der Waals surface area (Å²) in [6.45, 7) is 0. The molecule has 1 atom stereocenters. The molecule has 0 N–H and O–H groups in total. The Kier molecular flexibility index (Phi) is 4.48. The molecule has 0 spiro atoms. The third kappa shape index (κ3) is 3.46. The fraction of sp³-hybridized carbons (Fsp3) is 0.100. The van der Waals surface area contributed by atoms with Crippen LogP contribution in [0.4, 0.5) is 5.69 Å². The summed E-state index contributed by atoms with van der Waals surface area (Å²) in [7, 11) is 0. The molecule has 0 saturated carbocycles. The highest BCUT2D eigenvalue weighted by Gasteiger charge is 2.23. The second-order valence-electron chi connectivity index (χ2n) is 5.47. The van der Waals surface area contributed by atoms with Crippen LogP contribution in [0.5, 0.6) is 0 Å². The average Bonchev–Trinajstić information content (AvgIpc) is 2.61. The van der Waals surface area contributed by atoms with Crippen LogP contribution in [0.2, 0.25) is 0 Å². The molecular weight excluding hydrogens is 286 g/mol. The van der Waals surface area contributed by atoms with E-state index in [0.29, 0.717) is 0 Å². The molecule has 3 rings (SSSR count). The lowest BCUT2D eigenvalue weighted by Crippen LogP contribution is -2.08. The minimum absolute atomic E-state index is 0.0415. The highest BCUT2D eigenvalue weighted by atomic mass is 16.6. The molecule has 1 unspecified atom stereocenters. The third-order valence-electron chi connectivity index (χ3n) is 3.99. The van der Waals surface area contributed by atoms with Crippen LogP contribution in [-0.4, -0.2) is 4.92 Å². The topological polar surface area (TPSA) is 43.1 Å². The van der Waals surface area contributed by atoms with E-state index in [-0.39, 0.29) is 16.5 Å². The molecule has 0 radical (unpaired) electrons. The van der Waals surface area contributed by atoms with Gasteiger partial charge in [0.25, 0.3) is 5.69 Å². The predicted molar refractivity (Wildman–Crippen MR) is 91.5 cm³/mol. The molecule has 3 aromatic rings. The number of nitro benzene ring substituents is 1. The number of nitrogens with zero attached hydrogens (tertiary/aromatic N) is 1. The van der Waals surface area contributed by atoms with Gasteiger partial charge in [-0.15, -0.1) is 0 Å². The fourth-order valence-electron chi connectivity index (χ4n) is 2.89. The predicted octanol–water partition coefficient (Wildman–Crippen LogP) is 4.97. The van der Waals surface area contributed by atoms with Gasteiger partial charge in [0.05, 0.1) is 4.92 Å². The molecule has 3 heteroatoms. The fourth-order valence-corrected chi connectivity index (χ4v) is 2.89. The average molecular weight is 303 g/mol. The first-order valence-corrected chi connectivity index (χ1v) is 7.58. The Morgan fingerprint density at radius 3 is 2.00 bits per heavy atom. The van der Waals surface area contributed by atoms with E-state index in [1.165, 1.54) is 5.56 Å². The Morgan fingerprint density at radius 1 is 0.783 bits per heavy atom. The van der Waals surface area contributed by atoms with Crippen molar-refractivity contribution >= 4 is 5.69 Å². The van der Waals surface area contributed by atoms with E-state index in [0.717, 1.165) is 17.5 Å². The van der Waals surface area contributed by atoms with Crippen molar-refractivity contribution in [2.45, 2.75) is 12.3 Å². The van der Waals surface area contributed by atoms with Gasteiger partial charge in [-0.1, -0.05) is 78.9 Å². The Morgan fingerprint density at radius 2 is 1.35 bits per heavy atom. The Bertz CT molecular complexity index is 785. The molecule has 3 aromatic carbocycles. The summed E-state index contributed by atoms with van der Waals surface area (Å²) in [5.41, 5.74) is 3.19. The smallest absolute Gasteiger partial charge is 0.258 e. The van der Waals surface area contributed by atoms with Gasteiger partial charge in [-0.05, 0) is 17.5 Å². The minimum Gasteiger partial charge on any atom is -0.258 e. The Labute approximate surface area is 135 Å². The lowest BCUT2D eigenvalue weighted by Gasteiger charge is -2.18. The maximum atomic E-state index is 11.4. The molecule has 0 aliphatic heterocycles. The molecule has 0 heterocycles. The molecule has 0 aromatic heterocycles.